The predicted octanol–water partition coefficient (Wildman–Crippen LogP) is 2.13. The predicted molar refractivity (Wildman–Crippen MR) is 83.8 cm³/mol. The number of nitrogens with zero attached hydrogens (tertiary/aromatic N) is 3. The summed E-state index contributed by atoms with van der Waals surface area (Å²) in [6.07, 6.45) is 7.63. The van der Waals surface area contributed by atoms with Crippen LogP contribution in [0.25, 0.3) is 0 Å². The van der Waals surface area contributed by atoms with Gasteiger partial charge < -0.3 is 18.9 Å². The van der Waals surface area contributed by atoms with E-state index in [-0.39, 0.29) is 5.91 Å². The molecule has 120 valence electrons. The maximum Gasteiger partial charge on any atom is 0.254 e. The maximum absolute atomic E-state index is 12.8. The van der Waals surface area contributed by atoms with Crippen molar-refractivity contribution >= 4 is 5.91 Å². The molecular formula is C17H19N3O3. The summed E-state index contributed by atoms with van der Waals surface area (Å²) in [6, 6.07) is 5.72. The standard InChI is InChI=1S/C17H19N3O3/c21-17(13-3-4-15-16(10-13)23-9-8-22-15)19-6-1-2-14(11-19)20-7-5-18-12-20/h3-5,7,10,12,14H,1-2,6,8-9,11H2/t14-/m0/s1. The second-order valence-corrected chi connectivity index (χ2v) is 5.92. The molecule has 2 aromatic rings. The minimum atomic E-state index is 0.0480. The fraction of sp³-hybridized carbons (Fsp3) is 0.412. The molecule has 2 aliphatic rings. The minimum absolute atomic E-state index is 0.0480. The summed E-state index contributed by atoms with van der Waals surface area (Å²) >= 11 is 0. The topological polar surface area (TPSA) is 56.6 Å². The molecule has 6 nitrogen and oxygen atoms in total. The summed E-state index contributed by atoms with van der Waals surface area (Å²) in [5.41, 5.74) is 0.653. The zero-order valence-corrected chi connectivity index (χ0v) is 12.9. The number of carbonyl (C=O) groups excluding carboxylic acids is 1. The average molecular weight is 313 g/mol. The molecule has 1 atom stereocenters. The van der Waals surface area contributed by atoms with Crippen LogP contribution in [0.5, 0.6) is 11.5 Å². The Balaban J connectivity index is 1.52. The van der Waals surface area contributed by atoms with Gasteiger partial charge in [-0.25, -0.2) is 4.98 Å². The molecule has 2 aliphatic heterocycles. The van der Waals surface area contributed by atoms with Crippen molar-refractivity contribution in [1.82, 2.24) is 14.5 Å². The van der Waals surface area contributed by atoms with Gasteiger partial charge in [-0.1, -0.05) is 0 Å². The van der Waals surface area contributed by atoms with Crippen molar-refractivity contribution in [1.29, 1.82) is 0 Å². The van der Waals surface area contributed by atoms with Crippen molar-refractivity contribution in [2.24, 2.45) is 0 Å². The Morgan fingerprint density at radius 2 is 2.09 bits per heavy atom. The fourth-order valence-corrected chi connectivity index (χ4v) is 3.23. The van der Waals surface area contributed by atoms with Crippen molar-refractivity contribution in [2.75, 3.05) is 26.3 Å². The third-order valence-corrected chi connectivity index (χ3v) is 4.42. The monoisotopic (exact) mass is 313 g/mol. The summed E-state index contributed by atoms with van der Waals surface area (Å²) in [5.74, 6) is 1.42. The van der Waals surface area contributed by atoms with Gasteiger partial charge in [0.1, 0.15) is 13.2 Å². The number of piperidine rings is 1. The number of ether oxygens (including phenoxy) is 2. The normalized spacial score (nSPS) is 20.3. The van der Waals surface area contributed by atoms with E-state index >= 15 is 0 Å². The van der Waals surface area contributed by atoms with E-state index in [2.05, 4.69) is 9.55 Å². The van der Waals surface area contributed by atoms with Crippen molar-refractivity contribution in [2.45, 2.75) is 18.9 Å². The molecular weight excluding hydrogens is 294 g/mol. The molecule has 1 saturated heterocycles. The molecule has 0 bridgehead atoms. The Bertz CT molecular complexity index is 699. The number of hydrogen-bond acceptors (Lipinski definition) is 4. The summed E-state index contributed by atoms with van der Waals surface area (Å²) in [7, 11) is 0. The molecule has 1 aromatic heterocycles. The molecule has 0 saturated carbocycles. The van der Waals surface area contributed by atoms with Gasteiger partial charge in [-0.3, -0.25) is 4.79 Å². The Labute approximate surface area is 134 Å². The van der Waals surface area contributed by atoms with Crippen molar-refractivity contribution in [3.05, 3.63) is 42.5 Å². The lowest BCUT2D eigenvalue weighted by atomic mass is 10.0. The molecule has 0 radical (unpaired) electrons. The van der Waals surface area contributed by atoms with Gasteiger partial charge in [-0.2, -0.15) is 0 Å². The highest BCUT2D eigenvalue weighted by atomic mass is 16.6. The van der Waals surface area contributed by atoms with Gasteiger partial charge in [0, 0.05) is 31.0 Å². The molecule has 23 heavy (non-hydrogen) atoms. The molecule has 0 unspecified atom stereocenters. The molecule has 0 aliphatic carbocycles. The first-order chi connectivity index (χ1) is 11.3. The second kappa shape index (κ2) is 5.95. The summed E-state index contributed by atoms with van der Waals surface area (Å²) in [5, 5.41) is 0. The van der Waals surface area contributed by atoms with E-state index < -0.39 is 0 Å². The number of fused-ring (bicyclic) bond motifs is 1. The van der Waals surface area contributed by atoms with Gasteiger partial charge in [-0.15, -0.1) is 0 Å². The lowest BCUT2D eigenvalue weighted by Gasteiger charge is -2.33. The summed E-state index contributed by atoms with van der Waals surface area (Å²) in [4.78, 5) is 18.8. The maximum atomic E-state index is 12.8. The second-order valence-electron chi connectivity index (χ2n) is 5.92. The zero-order valence-electron chi connectivity index (χ0n) is 12.9. The summed E-state index contributed by atoms with van der Waals surface area (Å²) < 4.78 is 13.2. The Morgan fingerprint density at radius 1 is 1.22 bits per heavy atom. The first kappa shape index (κ1) is 14.1. The van der Waals surface area contributed by atoms with E-state index in [0.717, 1.165) is 19.4 Å². The molecule has 1 fully saturated rings. The molecule has 1 amide bonds. The quantitative estimate of drug-likeness (QED) is 0.852. The average Bonchev–Trinajstić information content (AvgIpc) is 3.15. The van der Waals surface area contributed by atoms with Crippen LogP contribution >= 0.6 is 0 Å². The first-order valence-electron chi connectivity index (χ1n) is 7.97. The van der Waals surface area contributed by atoms with E-state index in [9.17, 15) is 4.79 Å². The van der Waals surface area contributed by atoms with Crippen LogP contribution in [0.3, 0.4) is 0 Å². The molecule has 3 heterocycles. The van der Waals surface area contributed by atoms with Gasteiger partial charge in [0.15, 0.2) is 11.5 Å². The fourth-order valence-electron chi connectivity index (χ4n) is 3.23. The van der Waals surface area contributed by atoms with E-state index in [0.29, 0.717) is 42.9 Å². The zero-order chi connectivity index (χ0) is 15.6. The lowest BCUT2D eigenvalue weighted by molar-refractivity contribution is 0.0678. The Kier molecular flexibility index (Phi) is 3.65. The highest BCUT2D eigenvalue weighted by Crippen LogP contribution is 2.31. The van der Waals surface area contributed by atoms with E-state index in [1.54, 1.807) is 12.3 Å². The number of hydrogen-bond donors (Lipinski definition) is 0. The van der Waals surface area contributed by atoms with Gasteiger partial charge >= 0.3 is 0 Å². The molecule has 6 heteroatoms. The van der Waals surface area contributed by atoms with Crippen LogP contribution in [-0.4, -0.2) is 46.7 Å². The number of aromatic nitrogens is 2. The van der Waals surface area contributed by atoms with Crippen LogP contribution in [0, 0.1) is 0 Å². The SMILES string of the molecule is O=C(c1ccc2c(c1)OCCO2)N1CCC[C@H](n2ccnc2)C1. The Morgan fingerprint density at radius 3 is 2.91 bits per heavy atom. The van der Waals surface area contributed by atoms with Crippen LogP contribution in [-0.2, 0) is 0 Å². The van der Waals surface area contributed by atoms with Crippen LogP contribution in [0.2, 0.25) is 0 Å². The number of likely N-dealkylation sites (tertiary alicyclic amines) is 1. The van der Waals surface area contributed by atoms with Crippen molar-refractivity contribution < 1.29 is 14.3 Å². The van der Waals surface area contributed by atoms with Gasteiger partial charge in [0.05, 0.1) is 12.4 Å². The number of rotatable bonds is 2. The van der Waals surface area contributed by atoms with Gasteiger partial charge in [0.2, 0.25) is 0 Å². The van der Waals surface area contributed by atoms with E-state index in [1.807, 2.05) is 29.6 Å². The number of imidazole rings is 1. The highest BCUT2D eigenvalue weighted by molar-refractivity contribution is 5.95. The van der Waals surface area contributed by atoms with Gasteiger partial charge in [-0.05, 0) is 31.0 Å². The van der Waals surface area contributed by atoms with Gasteiger partial charge in [0.25, 0.3) is 5.91 Å². The Hall–Kier alpha value is -2.50. The number of carbonyl (C=O) groups is 1. The van der Waals surface area contributed by atoms with Crippen LogP contribution in [0.1, 0.15) is 29.2 Å². The lowest BCUT2D eigenvalue weighted by Crippen LogP contribution is -2.40. The van der Waals surface area contributed by atoms with E-state index in [1.165, 1.54) is 0 Å². The largest absolute Gasteiger partial charge is 0.486 e. The van der Waals surface area contributed by atoms with Crippen LogP contribution < -0.4 is 9.47 Å². The number of benzene rings is 1. The van der Waals surface area contributed by atoms with E-state index in [4.69, 9.17) is 9.47 Å². The van der Waals surface area contributed by atoms with Crippen molar-refractivity contribution in [3.8, 4) is 11.5 Å². The third kappa shape index (κ3) is 2.76. The minimum Gasteiger partial charge on any atom is -0.486 e. The smallest absolute Gasteiger partial charge is 0.254 e. The molecule has 0 N–H and O–H groups in total. The highest BCUT2D eigenvalue weighted by Gasteiger charge is 2.26. The number of amides is 1. The molecule has 4 rings (SSSR count). The van der Waals surface area contributed by atoms with Crippen LogP contribution in [0.15, 0.2) is 36.9 Å². The first-order valence-corrected chi connectivity index (χ1v) is 7.97. The van der Waals surface area contributed by atoms with Crippen molar-refractivity contribution in [3.63, 3.8) is 0 Å². The summed E-state index contributed by atoms with van der Waals surface area (Å²) in [6.45, 7) is 2.58. The molecule has 1 aromatic carbocycles. The van der Waals surface area contributed by atoms with Crippen LogP contribution in [0.4, 0.5) is 0 Å². The third-order valence-electron chi connectivity index (χ3n) is 4.42. The molecule has 0 spiro atoms.